The summed E-state index contributed by atoms with van der Waals surface area (Å²) >= 11 is 5.82. The molecule has 0 saturated carbocycles. The number of sulfone groups is 1. The smallest absolute Gasteiger partial charge is 0.206 e. The Kier molecular flexibility index (Phi) is 4.65. The number of furan rings is 1. The summed E-state index contributed by atoms with van der Waals surface area (Å²) in [5.41, 5.74) is 0.486. The summed E-state index contributed by atoms with van der Waals surface area (Å²) in [4.78, 5) is 11.0. The molecule has 0 saturated heterocycles. The highest BCUT2D eigenvalue weighted by molar-refractivity contribution is 7.91. The summed E-state index contributed by atoms with van der Waals surface area (Å²) in [6.07, 6.45) is 0.578. The van der Waals surface area contributed by atoms with Crippen LogP contribution in [0.25, 0.3) is 11.3 Å². The van der Waals surface area contributed by atoms with Crippen LogP contribution in [0.2, 0.25) is 5.02 Å². The average Bonchev–Trinajstić information content (AvgIpc) is 3.11. The van der Waals surface area contributed by atoms with Gasteiger partial charge < -0.3 is 9.15 Å². The van der Waals surface area contributed by atoms with E-state index in [1.54, 1.807) is 12.1 Å². The van der Waals surface area contributed by atoms with E-state index in [9.17, 15) is 13.2 Å². The molecule has 25 heavy (non-hydrogen) atoms. The molecule has 0 amide bonds. The lowest BCUT2D eigenvalue weighted by atomic mass is 10.1. The molecule has 3 aromatic rings. The van der Waals surface area contributed by atoms with Gasteiger partial charge in [-0.1, -0.05) is 11.6 Å². The first kappa shape index (κ1) is 17.3. The van der Waals surface area contributed by atoms with Crippen molar-refractivity contribution in [3.05, 3.63) is 65.4 Å². The normalized spacial score (nSPS) is 11.3. The number of carbonyl (C=O) groups excluding carboxylic acids is 1. The minimum Gasteiger partial charge on any atom is -0.497 e. The zero-order valence-corrected chi connectivity index (χ0v) is 14.7. The van der Waals surface area contributed by atoms with Crippen LogP contribution in [0.4, 0.5) is 0 Å². The van der Waals surface area contributed by atoms with Crippen LogP contribution in [-0.4, -0.2) is 21.8 Å². The standard InChI is InChI=1S/C18H13ClO5S/c1-23-15-8-12(18-7-4-14(11-20)24-18)9-17(10-15)25(21,22)16-5-2-13(19)3-6-16/h2-11H,1H3. The number of benzene rings is 2. The minimum atomic E-state index is -3.77. The summed E-state index contributed by atoms with van der Waals surface area (Å²) in [6.45, 7) is 0. The van der Waals surface area contributed by atoms with E-state index in [1.165, 1.54) is 49.6 Å². The second-order valence-electron chi connectivity index (χ2n) is 5.17. The maximum absolute atomic E-state index is 12.9. The van der Waals surface area contributed by atoms with Gasteiger partial charge in [0.15, 0.2) is 12.0 Å². The molecular weight excluding hydrogens is 364 g/mol. The number of methoxy groups -OCH3 is 1. The van der Waals surface area contributed by atoms with Gasteiger partial charge >= 0.3 is 0 Å². The van der Waals surface area contributed by atoms with Gasteiger partial charge in [0.2, 0.25) is 9.84 Å². The lowest BCUT2D eigenvalue weighted by molar-refractivity contribution is 0.110. The first-order valence-corrected chi connectivity index (χ1v) is 9.05. The van der Waals surface area contributed by atoms with Gasteiger partial charge in [-0.05, 0) is 54.6 Å². The Bertz CT molecular complexity index is 1020. The third kappa shape index (κ3) is 3.45. The molecule has 0 spiro atoms. The van der Waals surface area contributed by atoms with E-state index >= 15 is 0 Å². The van der Waals surface area contributed by atoms with E-state index in [0.29, 0.717) is 28.4 Å². The van der Waals surface area contributed by atoms with Crippen LogP contribution in [0, 0.1) is 0 Å². The minimum absolute atomic E-state index is 0.0493. The highest BCUT2D eigenvalue weighted by atomic mass is 35.5. The van der Waals surface area contributed by atoms with Gasteiger partial charge in [0, 0.05) is 10.6 Å². The number of halogens is 1. The summed E-state index contributed by atoms with van der Waals surface area (Å²) < 4.78 is 36.3. The van der Waals surface area contributed by atoms with Crippen molar-refractivity contribution in [1.29, 1.82) is 0 Å². The molecule has 128 valence electrons. The highest BCUT2D eigenvalue weighted by Crippen LogP contribution is 2.32. The average molecular weight is 377 g/mol. The van der Waals surface area contributed by atoms with E-state index < -0.39 is 9.84 Å². The molecule has 1 aromatic heterocycles. The van der Waals surface area contributed by atoms with Crippen LogP contribution in [0.3, 0.4) is 0 Å². The number of rotatable bonds is 5. The summed E-state index contributed by atoms with van der Waals surface area (Å²) in [5.74, 6) is 0.877. The largest absolute Gasteiger partial charge is 0.497 e. The van der Waals surface area contributed by atoms with Crippen LogP contribution < -0.4 is 4.74 Å². The third-order valence-electron chi connectivity index (χ3n) is 3.58. The Morgan fingerprint density at radius 3 is 2.32 bits per heavy atom. The number of hydrogen-bond acceptors (Lipinski definition) is 5. The lowest BCUT2D eigenvalue weighted by Crippen LogP contribution is -2.02. The molecule has 2 aromatic carbocycles. The van der Waals surface area contributed by atoms with Gasteiger partial charge in [-0.2, -0.15) is 0 Å². The molecule has 1 heterocycles. The molecule has 0 fully saturated rings. The van der Waals surface area contributed by atoms with Crippen molar-refractivity contribution < 1.29 is 22.4 Å². The molecule has 0 aliphatic rings. The Hall–Kier alpha value is -2.57. The van der Waals surface area contributed by atoms with Crippen molar-refractivity contribution in [1.82, 2.24) is 0 Å². The third-order valence-corrected chi connectivity index (χ3v) is 5.58. The van der Waals surface area contributed by atoms with Gasteiger partial charge in [0.1, 0.15) is 11.5 Å². The van der Waals surface area contributed by atoms with E-state index in [1.807, 2.05) is 0 Å². The number of carbonyl (C=O) groups is 1. The second-order valence-corrected chi connectivity index (χ2v) is 7.56. The van der Waals surface area contributed by atoms with Crippen LogP contribution in [0.15, 0.2) is 68.8 Å². The van der Waals surface area contributed by atoms with E-state index in [4.69, 9.17) is 20.8 Å². The van der Waals surface area contributed by atoms with Crippen molar-refractivity contribution in [3.63, 3.8) is 0 Å². The fourth-order valence-corrected chi connectivity index (χ4v) is 3.75. The predicted octanol–water partition coefficient (Wildman–Crippen LogP) is 4.25. The lowest BCUT2D eigenvalue weighted by Gasteiger charge is -2.09. The van der Waals surface area contributed by atoms with Crippen LogP contribution in [0.1, 0.15) is 10.6 Å². The summed E-state index contributed by atoms with van der Waals surface area (Å²) in [7, 11) is -2.33. The predicted molar refractivity (Wildman–Crippen MR) is 93.0 cm³/mol. The Balaban J connectivity index is 2.14. The Labute approximate surface area is 149 Å². The molecule has 0 aliphatic heterocycles. The number of hydrogen-bond donors (Lipinski definition) is 0. The molecule has 0 unspecified atom stereocenters. The van der Waals surface area contributed by atoms with Gasteiger partial charge in [-0.3, -0.25) is 4.79 Å². The molecule has 3 rings (SSSR count). The summed E-state index contributed by atoms with van der Waals surface area (Å²) in [5, 5.41) is 0.447. The number of ether oxygens (including phenoxy) is 1. The molecule has 0 radical (unpaired) electrons. The topological polar surface area (TPSA) is 73.6 Å². The van der Waals surface area contributed by atoms with Crippen molar-refractivity contribution in [2.75, 3.05) is 7.11 Å². The Morgan fingerprint density at radius 1 is 1.00 bits per heavy atom. The quantitative estimate of drug-likeness (QED) is 0.622. The van der Waals surface area contributed by atoms with Crippen LogP contribution >= 0.6 is 11.6 Å². The van der Waals surface area contributed by atoms with Crippen molar-refractivity contribution in [2.24, 2.45) is 0 Å². The van der Waals surface area contributed by atoms with Crippen molar-refractivity contribution in [3.8, 4) is 17.1 Å². The molecule has 7 heteroatoms. The molecule has 5 nitrogen and oxygen atoms in total. The van der Waals surface area contributed by atoms with E-state index in [-0.39, 0.29) is 15.6 Å². The van der Waals surface area contributed by atoms with E-state index in [0.717, 1.165) is 0 Å². The molecule has 0 N–H and O–H groups in total. The van der Waals surface area contributed by atoms with Gasteiger partial charge in [0.05, 0.1) is 16.9 Å². The Morgan fingerprint density at radius 2 is 1.72 bits per heavy atom. The van der Waals surface area contributed by atoms with E-state index in [2.05, 4.69) is 0 Å². The first-order valence-electron chi connectivity index (χ1n) is 7.19. The van der Waals surface area contributed by atoms with Gasteiger partial charge in [0.25, 0.3) is 0 Å². The van der Waals surface area contributed by atoms with Crippen LogP contribution in [-0.2, 0) is 9.84 Å². The molecule has 0 bridgehead atoms. The first-order chi connectivity index (χ1) is 11.9. The van der Waals surface area contributed by atoms with Crippen LogP contribution in [0.5, 0.6) is 5.75 Å². The highest BCUT2D eigenvalue weighted by Gasteiger charge is 2.20. The van der Waals surface area contributed by atoms with Crippen molar-refractivity contribution >= 4 is 27.7 Å². The van der Waals surface area contributed by atoms with Crippen molar-refractivity contribution in [2.45, 2.75) is 9.79 Å². The zero-order chi connectivity index (χ0) is 18.0. The van der Waals surface area contributed by atoms with Gasteiger partial charge in [-0.25, -0.2) is 8.42 Å². The number of aldehydes is 1. The fraction of sp³-hybridized carbons (Fsp3) is 0.0556. The maximum Gasteiger partial charge on any atom is 0.206 e. The van der Waals surface area contributed by atoms with Gasteiger partial charge in [-0.15, -0.1) is 0 Å². The molecule has 0 atom stereocenters. The molecular formula is C18H13ClO5S. The SMILES string of the molecule is COc1cc(-c2ccc(C=O)o2)cc(S(=O)(=O)c2ccc(Cl)cc2)c1. The second kappa shape index (κ2) is 6.74. The maximum atomic E-state index is 12.9. The fourth-order valence-electron chi connectivity index (χ4n) is 2.31. The zero-order valence-electron chi connectivity index (χ0n) is 13.1. The monoisotopic (exact) mass is 376 g/mol. The molecule has 0 aliphatic carbocycles. The summed E-state index contributed by atoms with van der Waals surface area (Å²) in [6, 6.07) is 13.5.